The van der Waals surface area contributed by atoms with Crippen molar-refractivity contribution in [2.24, 2.45) is 5.92 Å². The van der Waals surface area contributed by atoms with Crippen LogP contribution >= 0.6 is 0 Å². The predicted octanol–water partition coefficient (Wildman–Crippen LogP) is 3.95. The van der Waals surface area contributed by atoms with Gasteiger partial charge in [0.25, 0.3) is 0 Å². The molecule has 0 bridgehead atoms. The lowest BCUT2D eigenvalue weighted by Gasteiger charge is -2.30. The van der Waals surface area contributed by atoms with E-state index in [4.69, 9.17) is 5.11 Å². The quantitative estimate of drug-likeness (QED) is 0.890. The van der Waals surface area contributed by atoms with Crippen molar-refractivity contribution in [3.8, 4) is 0 Å². The molecule has 2 rings (SSSR count). The van der Waals surface area contributed by atoms with Crippen molar-refractivity contribution >= 4 is 11.0 Å². The van der Waals surface area contributed by atoms with Gasteiger partial charge >= 0.3 is 0 Å². The lowest BCUT2D eigenvalue weighted by atomic mass is 9.95. The average Bonchev–Trinajstić information content (AvgIpc) is 2.57. The minimum absolute atomic E-state index is 0.268. The number of benzene rings is 1. The van der Waals surface area contributed by atoms with Crippen molar-refractivity contribution in [2.45, 2.75) is 57.8 Å². The van der Waals surface area contributed by atoms with E-state index in [1.54, 1.807) is 0 Å². The molecule has 126 valence electrons. The SMILES string of the molecule is CC.CC(C)c1ccc(S(=O)N2CCC(CCO)CC2)cc1. The van der Waals surface area contributed by atoms with Gasteiger partial charge in [-0.25, -0.2) is 8.51 Å². The zero-order chi connectivity index (χ0) is 16.5. The minimum atomic E-state index is -1.04. The molecular formula is C18H31NO2S. The van der Waals surface area contributed by atoms with Crippen molar-refractivity contribution in [3.63, 3.8) is 0 Å². The number of rotatable bonds is 5. The largest absolute Gasteiger partial charge is 0.396 e. The molecule has 0 amide bonds. The Morgan fingerprint density at radius 3 is 2.18 bits per heavy atom. The first kappa shape index (κ1) is 19.3. The molecule has 4 heteroatoms. The van der Waals surface area contributed by atoms with Crippen LogP contribution < -0.4 is 0 Å². The second kappa shape index (κ2) is 10.1. The molecular weight excluding hydrogens is 294 g/mol. The fourth-order valence-corrected chi connectivity index (χ4v) is 3.87. The summed E-state index contributed by atoms with van der Waals surface area (Å²) in [6.45, 7) is 10.3. The molecule has 1 heterocycles. The summed E-state index contributed by atoms with van der Waals surface area (Å²) in [7, 11) is -1.04. The molecule has 1 N–H and O–H groups in total. The standard InChI is InChI=1S/C16H25NO2S.C2H6/c1-13(2)15-3-5-16(6-4-15)20(19)17-10-7-14(8-11-17)9-12-18;1-2/h3-6,13-14,18H,7-12H2,1-2H3;1-2H3. The van der Waals surface area contributed by atoms with Crippen LogP contribution in [0, 0.1) is 5.92 Å². The molecule has 1 aromatic carbocycles. The maximum Gasteiger partial charge on any atom is 0.127 e. The Morgan fingerprint density at radius 2 is 1.73 bits per heavy atom. The van der Waals surface area contributed by atoms with Gasteiger partial charge in [0.05, 0.1) is 4.90 Å². The van der Waals surface area contributed by atoms with Crippen LogP contribution in [-0.4, -0.2) is 33.3 Å². The highest BCUT2D eigenvalue weighted by atomic mass is 32.2. The molecule has 0 aromatic heterocycles. The van der Waals surface area contributed by atoms with Gasteiger partial charge in [-0.05, 0) is 48.8 Å². The third-order valence-electron chi connectivity index (χ3n) is 4.09. The molecule has 1 aliphatic heterocycles. The molecule has 0 aliphatic carbocycles. The van der Waals surface area contributed by atoms with Gasteiger partial charge in [0.1, 0.15) is 11.0 Å². The van der Waals surface area contributed by atoms with Crippen LogP contribution in [0.3, 0.4) is 0 Å². The highest BCUT2D eigenvalue weighted by Gasteiger charge is 2.23. The normalized spacial score (nSPS) is 17.9. The smallest absolute Gasteiger partial charge is 0.127 e. The molecule has 0 radical (unpaired) electrons. The number of hydrogen-bond donors (Lipinski definition) is 1. The van der Waals surface area contributed by atoms with Crippen LogP contribution in [0.15, 0.2) is 29.2 Å². The minimum Gasteiger partial charge on any atom is -0.396 e. The molecule has 1 aliphatic rings. The van der Waals surface area contributed by atoms with Crippen LogP contribution in [0.2, 0.25) is 0 Å². The summed E-state index contributed by atoms with van der Waals surface area (Å²) in [4.78, 5) is 0.898. The molecule has 1 atom stereocenters. The van der Waals surface area contributed by atoms with Crippen LogP contribution in [0.25, 0.3) is 0 Å². The van der Waals surface area contributed by atoms with Gasteiger partial charge in [-0.1, -0.05) is 39.8 Å². The summed E-state index contributed by atoms with van der Waals surface area (Å²) < 4.78 is 14.6. The zero-order valence-electron chi connectivity index (χ0n) is 14.4. The van der Waals surface area contributed by atoms with E-state index in [1.165, 1.54) is 5.56 Å². The number of aliphatic hydroxyl groups excluding tert-OH is 1. The van der Waals surface area contributed by atoms with Gasteiger partial charge in [0, 0.05) is 19.7 Å². The van der Waals surface area contributed by atoms with Gasteiger partial charge in [0.2, 0.25) is 0 Å². The van der Waals surface area contributed by atoms with Crippen LogP contribution in [0.1, 0.15) is 58.4 Å². The molecule has 0 spiro atoms. The summed E-state index contributed by atoms with van der Waals surface area (Å²) in [6.07, 6.45) is 2.95. The van der Waals surface area contributed by atoms with Crippen molar-refractivity contribution in [2.75, 3.05) is 19.7 Å². The Hall–Kier alpha value is -0.710. The molecule has 1 unspecified atom stereocenters. The first-order valence-electron chi connectivity index (χ1n) is 8.49. The Labute approximate surface area is 138 Å². The molecule has 22 heavy (non-hydrogen) atoms. The second-order valence-electron chi connectivity index (χ2n) is 5.86. The lowest BCUT2D eigenvalue weighted by Crippen LogP contribution is -2.35. The third-order valence-corrected chi connectivity index (χ3v) is 5.60. The third kappa shape index (κ3) is 5.49. The fraction of sp³-hybridized carbons (Fsp3) is 0.667. The second-order valence-corrected chi connectivity index (χ2v) is 7.34. The van der Waals surface area contributed by atoms with Crippen LogP contribution in [0.4, 0.5) is 0 Å². The molecule has 3 nitrogen and oxygen atoms in total. The Morgan fingerprint density at radius 1 is 1.18 bits per heavy atom. The highest BCUT2D eigenvalue weighted by Crippen LogP contribution is 2.24. The zero-order valence-corrected chi connectivity index (χ0v) is 15.2. The molecule has 1 saturated heterocycles. The van der Waals surface area contributed by atoms with Gasteiger partial charge in [-0.2, -0.15) is 0 Å². The molecule has 1 aromatic rings. The Balaban J connectivity index is 0.00000116. The predicted molar refractivity (Wildman–Crippen MR) is 94.3 cm³/mol. The summed E-state index contributed by atoms with van der Waals surface area (Å²) >= 11 is 0. The van der Waals surface area contributed by atoms with Gasteiger partial charge in [0.15, 0.2) is 0 Å². The maximum absolute atomic E-state index is 12.5. The summed E-state index contributed by atoms with van der Waals surface area (Å²) in [6, 6.07) is 8.14. The molecule has 1 fully saturated rings. The van der Waals surface area contributed by atoms with Gasteiger partial charge in [-0.15, -0.1) is 0 Å². The van der Waals surface area contributed by atoms with E-state index in [0.29, 0.717) is 11.8 Å². The fourth-order valence-electron chi connectivity index (χ4n) is 2.66. The van der Waals surface area contributed by atoms with E-state index < -0.39 is 11.0 Å². The van der Waals surface area contributed by atoms with Crippen molar-refractivity contribution in [1.82, 2.24) is 4.31 Å². The first-order valence-corrected chi connectivity index (χ1v) is 9.60. The number of aliphatic hydroxyl groups is 1. The van der Waals surface area contributed by atoms with E-state index in [2.05, 4.69) is 30.3 Å². The first-order chi connectivity index (χ1) is 10.6. The van der Waals surface area contributed by atoms with E-state index in [1.807, 2.05) is 26.0 Å². The van der Waals surface area contributed by atoms with Gasteiger partial charge < -0.3 is 5.11 Å². The van der Waals surface area contributed by atoms with Crippen molar-refractivity contribution in [1.29, 1.82) is 0 Å². The van der Waals surface area contributed by atoms with E-state index in [9.17, 15) is 4.21 Å². The Kier molecular flexibility index (Phi) is 8.91. The van der Waals surface area contributed by atoms with E-state index >= 15 is 0 Å². The number of hydrogen-bond acceptors (Lipinski definition) is 2. The Bertz CT molecular complexity index is 437. The summed E-state index contributed by atoms with van der Waals surface area (Å²) in [5.74, 6) is 1.10. The lowest BCUT2D eigenvalue weighted by molar-refractivity contribution is 0.211. The monoisotopic (exact) mass is 325 g/mol. The summed E-state index contributed by atoms with van der Waals surface area (Å²) in [5, 5.41) is 8.97. The van der Waals surface area contributed by atoms with E-state index in [0.717, 1.165) is 37.2 Å². The average molecular weight is 326 g/mol. The van der Waals surface area contributed by atoms with Crippen LogP contribution in [-0.2, 0) is 11.0 Å². The summed E-state index contributed by atoms with van der Waals surface area (Å²) in [5.41, 5.74) is 1.28. The number of nitrogens with zero attached hydrogens (tertiary/aromatic N) is 1. The van der Waals surface area contributed by atoms with Crippen LogP contribution in [0.5, 0.6) is 0 Å². The van der Waals surface area contributed by atoms with E-state index in [-0.39, 0.29) is 6.61 Å². The van der Waals surface area contributed by atoms with Crippen molar-refractivity contribution < 1.29 is 9.32 Å². The van der Waals surface area contributed by atoms with Crippen molar-refractivity contribution in [3.05, 3.63) is 29.8 Å². The highest BCUT2D eigenvalue weighted by molar-refractivity contribution is 7.82. The molecule has 0 saturated carbocycles. The maximum atomic E-state index is 12.5. The van der Waals surface area contributed by atoms with Gasteiger partial charge in [-0.3, -0.25) is 0 Å². The number of piperidine rings is 1. The topological polar surface area (TPSA) is 40.5 Å².